The summed E-state index contributed by atoms with van der Waals surface area (Å²) in [6.45, 7) is 7.13. The summed E-state index contributed by atoms with van der Waals surface area (Å²) in [5.74, 6) is -0.498. The fourth-order valence-electron chi connectivity index (χ4n) is 3.10. The first kappa shape index (κ1) is 24.3. The van der Waals surface area contributed by atoms with E-state index in [0.717, 1.165) is 25.8 Å². The third kappa shape index (κ3) is 5.74. The van der Waals surface area contributed by atoms with Gasteiger partial charge in [-0.1, -0.05) is 42.0 Å². The Morgan fingerprint density at radius 3 is 1.70 bits per heavy atom. The van der Waals surface area contributed by atoms with Crippen LogP contribution in [0.1, 0.15) is 11.1 Å². The summed E-state index contributed by atoms with van der Waals surface area (Å²) in [7, 11) is 0. The molecule has 3 aromatic carbocycles. The zero-order chi connectivity index (χ0) is 24.1. The highest BCUT2D eigenvalue weighted by molar-refractivity contribution is 7.81. The molecule has 0 heterocycles. The van der Waals surface area contributed by atoms with Crippen molar-refractivity contribution in [2.45, 2.75) is 13.8 Å². The molecule has 0 saturated carbocycles. The van der Waals surface area contributed by atoms with E-state index >= 15 is 0 Å². The van der Waals surface area contributed by atoms with Crippen molar-refractivity contribution in [2.24, 2.45) is 0 Å². The van der Waals surface area contributed by atoms with E-state index in [1.807, 2.05) is 13.8 Å². The number of amides is 1. The fourth-order valence-corrected chi connectivity index (χ4v) is 4.31. The van der Waals surface area contributed by atoms with Gasteiger partial charge in [-0.05, 0) is 62.4 Å². The number of nitrogens with zero attached hydrogens (tertiary/aromatic N) is 2. The zero-order valence-corrected chi connectivity index (χ0v) is 19.5. The largest absolute Gasteiger partial charge is 0.755 e. The summed E-state index contributed by atoms with van der Waals surface area (Å²) in [5, 5.41) is 2.57. The second kappa shape index (κ2) is 10.5. The Morgan fingerprint density at radius 1 is 0.818 bits per heavy atom. The molecule has 0 fully saturated rings. The van der Waals surface area contributed by atoms with Crippen molar-refractivity contribution in [3.05, 3.63) is 90.5 Å². The highest BCUT2D eigenvalue weighted by Crippen LogP contribution is 2.41. The maximum atomic E-state index is 12.4. The molecule has 0 aliphatic rings. The van der Waals surface area contributed by atoms with Gasteiger partial charge in [-0.25, -0.2) is 0 Å². The Hall–Kier alpha value is -3.31. The Labute approximate surface area is 197 Å². The number of rotatable bonds is 8. The lowest BCUT2D eigenvalue weighted by Gasteiger charge is -2.34. The van der Waals surface area contributed by atoms with Crippen LogP contribution in [-0.4, -0.2) is 23.4 Å². The minimum Gasteiger partial charge on any atom is -0.755 e. The number of hydrogen-bond donors (Lipinski definition) is 1. The van der Waals surface area contributed by atoms with Crippen LogP contribution in [0.3, 0.4) is 0 Å². The SMILES string of the molecule is C=CC(=O)Nc1ccc(N(c2ccc(C)cc2)S(=O)[O-])c(N(c2ccc(C)cc2)S(=O)[O-])c1. The lowest BCUT2D eigenvalue weighted by atomic mass is 10.1. The third-order valence-electron chi connectivity index (χ3n) is 4.70. The lowest BCUT2D eigenvalue weighted by molar-refractivity contribution is -0.111. The maximum absolute atomic E-state index is 12.4. The summed E-state index contributed by atoms with van der Waals surface area (Å²) < 4.78 is 51.2. The Balaban J connectivity index is 2.25. The zero-order valence-electron chi connectivity index (χ0n) is 17.9. The predicted molar refractivity (Wildman–Crippen MR) is 130 cm³/mol. The van der Waals surface area contributed by atoms with Crippen molar-refractivity contribution in [3.63, 3.8) is 0 Å². The van der Waals surface area contributed by atoms with E-state index in [0.29, 0.717) is 11.4 Å². The molecule has 0 saturated heterocycles. The van der Waals surface area contributed by atoms with E-state index in [9.17, 15) is 22.3 Å². The van der Waals surface area contributed by atoms with Crippen LogP contribution in [0.4, 0.5) is 28.4 Å². The van der Waals surface area contributed by atoms with E-state index in [1.165, 1.54) is 18.2 Å². The van der Waals surface area contributed by atoms with Gasteiger partial charge in [0.15, 0.2) is 0 Å². The molecule has 0 spiro atoms. The van der Waals surface area contributed by atoms with Crippen molar-refractivity contribution >= 4 is 56.9 Å². The Kier molecular flexibility index (Phi) is 7.77. The Morgan fingerprint density at radius 2 is 1.27 bits per heavy atom. The molecular formula is C23H21N3O5S2-2. The highest BCUT2D eigenvalue weighted by atomic mass is 32.2. The van der Waals surface area contributed by atoms with Gasteiger partial charge >= 0.3 is 0 Å². The quantitative estimate of drug-likeness (QED) is 0.379. The summed E-state index contributed by atoms with van der Waals surface area (Å²) in [6.07, 6.45) is 1.07. The van der Waals surface area contributed by atoms with Gasteiger partial charge < -0.3 is 14.4 Å². The van der Waals surface area contributed by atoms with E-state index in [4.69, 9.17) is 0 Å². The van der Waals surface area contributed by atoms with Crippen LogP contribution in [0.25, 0.3) is 0 Å². The molecule has 2 unspecified atom stereocenters. The monoisotopic (exact) mass is 483 g/mol. The number of nitrogens with one attached hydrogen (secondary N) is 1. The minimum atomic E-state index is -2.81. The van der Waals surface area contributed by atoms with Crippen molar-refractivity contribution in [3.8, 4) is 0 Å². The van der Waals surface area contributed by atoms with Crippen LogP contribution < -0.4 is 13.9 Å². The van der Waals surface area contributed by atoms with Crippen molar-refractivity contribution < 1.29 is 22.3 Å². The van der Waals surface area contributed by atoms with Gasteiger partial charge in [-0.2, -0.15) is 0 Å². The van der Waals surface area contributed by atoms with Crippen molar-refractivity contribution in [2.75, 3.05) is 13.9 Å². The standard InChI is InChI=1S/C23H23N3O5S2/c1-4-23(27)24-18-9-14-21(25(32(28)29)19-10-5-16(2)6-11-19)22(15-18)26(33(30)31)20-12-7-17(3)8-13-20/h4-15H,1H2,2-3H3,(H,24,27)(H,28,29)(H,30,31)/p-2. The average Bonchev–Trinajstić information content (AvgIpc) is 2.77. The van der Waals surface area contributed by atoms with Crippen molar-refractivity contribution in [1.29, 1.82) is 0 Å². The first-order chi connectivity index (χ1) is 15.7. The van der Waals surface area contributed by atoms with Gasteiger partial charge in [-0.15, -0.1) is 0 Å². The number of aryl methyl sites for hydroxylation is 2. The predicted octanol–water partition coefficient (Wildman–Crippen LogP) is 4.29. The summed E-state index contributed by atoms with van der Waals surface area (Å²) >= 11 is -5.59. The average molecular weight is 484 g/mol. The molecule has 1 amide bonds. The molecule has 1 N–H and O–H groups in total. The summed E-state index contributed by atoms with van der Waals surface area (Å²) in [6, 6.07) is 17.7. The fraction of sp³-hybridized carbons (Fsp3) is 0.0870. The highest BCUT2D eigenvalue weighted by Gasteiger charge is 2.22. The van der Waals surface area contributed by atoms with Gasteiger partial charge in [0.1, 0.15) is 0 Å². The molecule has 3 aromatic rings. The number of benzene rings is 3. The van der Waals surface area contributed by atoms with Gasteiger partial charge in [0.25, 0.3) is 0 Å². The molecule has 0 bridgehead atoms. The topological polar surface area (TPSA) is 116 Å². The molecule has 3 rings (SSSR count). The van der Waals surface area contributed by atoms with E-state index in [2.05, 4.69) is 11.9 Å². The van der Waals surface area contributed by atoms with Crippen LogP contribution in [0.2, 0.25) is 0 Å². The molecule has 33 heavy (non-hydrogen) atoms. The maximum Gasteiger partial charge on any atom is 0.247 e. The second-order valence-electron chi connectivity index (χ2n) is 7.09. The third-order valence-corrected chi connectivity index (χ3v) is 6.11. The molecule has 10 heteroatoms. The molecule has 0 aromatic heterocycles. The lowest BCUT2D eigenvalue weighted by Crippen LogP contribution is -2.26. The number of anilines is 5. The van der Waals surface area contributed by atoms with Gasteiger partial charge in [0.05, 0.1) is 45.3 Å². The summed E-state index contributed by atoms with van der Waals surface area (Å²) in [4.78, 5) is 11.8. The number of hydrogen-bond acceptors (Lipinski definition) is 5. The number of carbonyl (C=O) groups is 1. The first-order valence-corrected chi connectivity index (χ1v) is 11.8. The van der Waals surface area contributed by atoms with Gasteiger partial charge in [0, 0.05) is 5.69 Å². The molecule has 172 valence electrons. The molecule has 2 atom stereocenters. The van der Waals surface area contributed by atoms with Crippen LogP contribution in [0.15, 0.2) is 79.4 Å². The number of carbonyl (C=O) groups excluding carboxylic acids is 1. The van der Waals surface area contributed by atoms with Gasteiger partial charge in [-0.3, -0.25) is 21.8 Å². The van der Waals surface area contributed by atoms with E-state index in [-0.39, 0.29) is 17.1 Å². The second-order valence-corrected chi connectivity index (χ2v) is 8.69. The van der Waals surface area contributed by atoms with Crippen LogP contribution >= 0.6 is 0 Å². The molecular weight excluding hydrogens is 462 g/mol. The smallest absolute Gasteiger partial charge is 0.247 e. The van der Waals surface area contributed by atoms with E-state index < -0.39 is 28.4 Å². The van der Waals surface area contributed by atoms with Crippen molar-refractivity contribution in [1.82, 2.24) is 0 Å². The molecule has 0 aliphatic carbocycles. The van der Waals surface area contributed by atoms with Gasteiger partial charge in [0.2, 0.25) is 5.91 Å². The minimum absolute atomic E-state index is 0.0267. The molecule has 0 aliphatic heterocycles. The molecule has 8 nitrogen and oxygen atoms in total. The summed E-state index contributed by atoms with van der Waals surface area (Å²) in [5.41, 5.74) is 2.83. The van der Waals surface area contributed by atoms with Crippen LogP contribution in [-0.2, 0) is 27.3 Å². The normalized spacial score (nSPS) is 12.5. The molecule has 0 radical (unpaired) electrons. The first-order valence-electron chi connectivity index (χ1n) is 9.71. The van der Waals surface area contributed by atoms with Crippen LogP contribution in [0, 0.1) is 13.8 Å². The van der Waals surface area contributed by atoms with Crippen LogP contribution in [0.5, 0.6) is 0 Å². The van der Waals surface area contributed by atoms with E-state index in [1.54, 1.807) is 48.5 Å². The Bertz CT molecular complexity index is 1210.